The molecule has 0 spiro atoms. The fraction of sp³-hybridized carbons (Fsp3) is 0.333. The predicted octanol–water partition coefficient (Wildman–Crippen LogP) is 3.16. The Kier molecular flexibility index (Phi) is 6.17. The summed E-state index contributed by atoms with van der Waals surface area (Å²) in [5.41, 5.74) is 6.31. The maximum absolute atomic E-state index is 5.72. The van der Waals surface area contributed by atoms with Crippen molar-refractivity contribution in [3.05, 3.63) is 34.4 Å². The lowest BCUT2D eigenvalue weighted by Gasteiger charge is -2.00. The molecule has 0 saturated carbocycles. The van der Waals surface area contributed by atoms with Crippen molar-refractivity contribution in [2.75, 3.05) is 6.54 Å². The van der Waals surface area contributed by atoms with Crippen LogP contribution in [0.5, 0.6) is 0 Å². The first-order chi connectivity index (χ1) is 5.57. The van der Waals surface area contributed by atoms with E-state index in [1.54, 1.807) is 13.0 Å². The highest BCUT2D eigenvalue weighted by molar-refractivity contribution is 6.31. The smallest absolute Gasteiger partial charge is 0.0366 e. The topological polar surface area (TPSA) is 26.0 Å². The zero-order chi connectivity index (χ0) is 9.56. The molecule has 0 bridgehead atoms. The summed E-state index contributed by atoms with van der Waals surface area (Å²) in [5.74, 6) is 0. The standard InChI is InChI=1S/C9H13Cl2N/c1-7(10)3-4-9(5-6-12)8(2)11/h3-4H,2,5-6,12H2,1H3/b7-3+,9-4-. The Hall–Kier alpha value is -0.240. The minimum absolute atomic E-state index is 0.523. The normalized spacial score (nSPS) is 13.3. The maximum atomic E-state index is 5.72. The third-order valence-electron chi connectivity index (χ3n) is 1.28. The quantitative estimate of drug-likeness (QED) is 0.702. The monoisotopic (exact) mass is 205 g/mol. The van der Waals surface area contributed by atoms with Crippen LogP contribution in [0.25, 0.3) is 0 Å². The lowest BCUT2D eigenvalue weighted by atomic mass is 10.1. The second kappa shape index (κ2) is 6.30. The van der Waals surface area contributed by atoms with Crippen molar-refractivity contribution in [1.29, 1.82) is 0 Å². The Bertz CT molecular complexity index is 213. The molecule has 68 valence electrons. The molecular formula is C9H13Cl2N. The molecular weight excluding hydrogens is 193 g/mol. The Balaban J connectivity index is 4.39. The lowest BCUT2D eigenvalue weighted by molar-refractivity contribution is 0.970. The van der Waals surface area contributed by atoms with Crippen molar-refractivity contribution in [3.63, 3.8) is 0 Å². The van der Waals surface area contributed by atoms with Crippen LogP contribution in [0.3, 0.4) is 0 Å². The molecule has 0 aliphatic heterocycles. The third-order valence-corrected chi connectivity index (χ3v) is 1.65. The van der Waals surface area contributed by atoms with Gasteiger partial charge in [0.05, 0.1) is 0 Å². The molecule has 0 radical (unpaired) electrons. The zero-order valence-corrected chi connectivity index (χ0v) is 8.62. The van der Waals surface area contributed by atoms with E-state index >= 15 is 0 Å². The van der Waals surface area contributed by atoms with Crippen molar-refractivity contribution in [2.45, 2.75) is 13.3 Å². The van der Waals surface area contributed by atoms with Gasteiger partial charge >= 0.3 is 0 Å². The van der Waals surface area contributed by atoms with Gasteiger partial charge in [0.25, 0.3) is 0 Å². The summed E-state index contributed by atoms with van der Waals surface area (Å²) in [6, 6.07) is 0. The molecule has 0 aliphatic carbocycles. The highest BCUT2D eigenvalue weighted by Gasteiger charge is 1.96. The zero-order valence-electron chi connectivity index (χ0n) is 7.11. The van der Waals surface area contributed by atoms with Gasteiger partial charge in [0, 0.05) is 10.1 Å². The molecule has 0 fully saturated rings. The average molecular weight is 206 g/mol. The van der Waals surface area contributed by atoms with Crippen LogP contribution in [0.2, 0.25) is 0 Å². The van der Waals surface area contributed by atoms with Gasteiger partial charge in [-0.25, -0.2) is 0 Å². The van der Waals surface area contributed by atoms with Crippen LogP contribution in [0.4, 0.5) is 0 Å². The van der Waals surface area contributed by atoms with Gasteiger partial charge in [-0.15, -0.1) is 0 Å². The predicted molar refractivity (Wildman–Crippen MR) is 56.4 cm³/mol. The molecule has 12 heavy (non-hydrogen) atoms. The van der Waals surface area contributed by atoms with E-state index in [4.69, 9.17) is 28.9 Å². The highest BCUT2D eigenvalue weighted by Crippen LogP contribution is 2.16. The van der Waals surface area contributed by atoms with E-state index in [-0.39, 0.29) is 0 Å². The molecule has 2 N–H and O–H groups in total. The van der Waals surface area contributed by atoms with Gasteiger partial charge in [-0.2, -0.15) is 0 Å². The molecule has 0 aromatic carbocycles. The summed E-state index contributed by atoms with van der Waals surface area (Å²) in [4.78, 5) is 0. The molecule has 3 heteroatoms. The molecule has 0 aliphatic rings. The second-order valence-corrected chi connectivity index (χ2v) is 3.44. The fourth-order valence-corrected chi connectivity index (χ4v) is 0.901. The summed E-state index contributed by atoms with van der Waals surface area (Å²) >= 11 is 11.4. The van der Waals surface area contributed by atoms with E-state index in [1.807, 2.05) is 6.08 Å². The van der Waals surface area contributed by atoms with Crippen LogP contribution in [-0.2, 0) is 0 Å². The summed E-state index contributed by atoms with van der Waals surface area (Å²) in [6.45, 7) is 5.98. The number of hydrogen-bond acceptors (Lipinski definition) is 1. The van der Waals surface area contributed by atoms with E-state index < -0.39 is 0 Å². The van der Waals surface area contributed by atoms with Crippen LogP contribution < -0.4 is 5.73 Å². The number of nitrogens with two attached hydrogens (primary N) is 1. The first-order valence-electron chi connectivity index (χ1n) is 3.65. The van der Waals surface area contributed by atoms with Crippen molar-refractivity contribution in [2.24, 2.45) is 5.73 Å². The summed E-state index contributed by atoms with van der Waals surface area (Å²) in [7, 11) is 0. The van der Waals surface area contributed by atoms with Crippen molar-refractivity contribution in [1.82, 2.24) is 0 Å². The van der Waals surface area contributed by atoms with Gasteiger partial charge in [-0.05, 0) is 31.5 Å². The number of hydrogen-bond donors (Lipinski definition) is 1. The van der Waals surface area contributed by atoms with Gasteiger partial charge < -0.3 is 5.73 Å². The molecule has 1 nitrogen and oxygen atoms in total. The lowest BCUT2D eigenvalue weighted by Crippen LogP contribution is -2.00. The second-order valence-electron chi connectivity index (χ2n) is 2.39. The van der Waals surface area contributed by atoms with Crippen LogP contribution in [0.1, 0.15) is 13.3 Å². The summed E-state index contributed by atoms with van der Waals surface area (Å²) in [6.07, 6.45) is 4.34. The first kappa shape index (κ1) is 11.8. The van der Waals surface area contributed by atoms with Crippen molar-refractivity contribution < 1.29 is 0 Å². The Morgan fingerprint density at radius 3 is 2.33 bits per heavy atom. The molecule has 0 unspecified atom stereocenters. The Labute approximate surface area is 83.5 Å². The van der Waals surface area contributed by atoms with Crippen LogP contribution >= 0.6 is 23.2 Å². The molecule has 0 rings (SSSR count). The minimum Gasteiger partial charge on any atom is -0.330 e. The van der Waals surface area contributed by atoms with Crippen LogP contribution in [0.15, 0.2) is 34.4 Å². The largest absolute Gasteiger partial charge is 0.330 e. The van der Waals surface area contributed by atoms with Crippen LogP contribution in [0, 0.1) is 0 Å². The van der Waals surface area contributed by atoms with E-state index in [0.29, 0.717) is 16.6 Å². The van der Waals surface area contributed by atoms with E-state index in [9.17, 15) is 0 Å². The molecule has 0 aromatic heterocycles. The Morgan fingerprint density at radius 1 is 1.42 bits per heavy atom. The molecule has 0 atom stereocenters. The van der Waals surface area contributed by atoms with Gasteiger partial charge in [0.2, 0.25) is 0 Å². The molecule has 0 heterocycles. The Morgan fingerprint density at radius 2 is 2.00 bits per heavy atom. The third kappa shape index (κ3) is 5.42. The van der Waals surface area contributed by atoms with Crippen molar-refractivity contribution in [3.8, 4) is 0 Å². The van der Waals surface area contributed by atoms with Crippen molar-refractivity contribution >= 4 is 23.2 Å². The van der Waals surface area contributed by atoms with Gasteiger partial charge in [-0.3, -0.25) is 0 Å². The van der Waals surface area contributed by atoms with Gasteiger partial charge in [-0.1, -0.05) is 35.9 Å². The highest BCUT2D eigenvalue weighted by atomic mass is 35.5. The minimum atomic E-state index is 0.523. The SMILES string of the molecule is C=C(Cl)/C(=C\C=C(/C)Cl)CCN. The average Bonchev–Trinajstić information content (AvgIpc) is 1.96. The molecule has 0 saturated heterocycles. The number of rotatable bonds is 4. The van der Waals surface area contributed by atoms with E-state index in [2.05, 4.69) is 6.58 Å². The summed E-state index contributed by atoms with van der Waals surface area (Å²) in [5, 5.41) is 1.23. The van der Waals surface area contributed by atoms with E-state index in [1.165, 1.54) is 0 Å². The summed E-state index contributed by atoms with van der Waals surface area (Å²) < 4.78 is 0. The first-order valence-corrected chi connectivity index (χ1v) is 4.41. The number of allylic oxidation sites excluding steroid dienone is 4. The van der Waals surface area contributed by atoms with Crippen LogP contribution in [-0.4, -0.2) is 6.54 Å². The van der Waals surface area contributed by atoms with E-state index in [0.717, 1.165) is 12.0 Å². The van der Waals surface area contributed by atoms with Gasteiger partial charge in [0.15, 0.2) is 0 Å². The van der Waals surface area contributed by atoms with Gasteiger partial charge in [0.1, 0.15) is 0 Å². The number of halogens is 2. The molecule has 0 amide bonds. The maximum Gasteiger partial charge on any atom is 0.0366 e. The molecule has 0 aromatic rings. The fourth-order valence-electron chi connectivity index (χ4n) is 0.680.